The van der Waals surface area contributed by atoms with Crippen LogP contribution < -0.4 is 20.0 Å². The van der Waals surface area contributed by atoms with Gasteiger partial charge in [0.05, 0.1) is 39.4 Å². The van der Waals surface area contributed by atoms with Gasteiger partial charge in [-0.3, -0.25) is 4.79 Å². The van der Waals surface area contributed by atoms with Gasteiger partial charge in [-0.15, -0.1) is 0 Å². The summed E-state index contributed by atoms with van der Waals surface area (Å²) in [5.41, 5.74) is 3.65. The highest BCUT2D eigenvalue weighted by atomic mass is 16.5. The molecule has 31 heavy (non-hydrogen) atoms. The van der Waals surface area contributed by atoms with Crippen LogP contribution in [0.2, 0.25) is 0 Å². The molecule has 2 aromatic rings. The van der Waals surface area contributed by atoms with Crippen LogP contribution in [0.4, 0.5) is 5.69 Å². The van der Waals surface area contributed by atoms with Crippen molar-refractivity contribution >= 4 is 11.6 Å². The molecule has 0 unspecified atom stereocenters. The van der Waals surface area contributed by atoms with E-state index in [0.717, 1.165) is 64.7 Å². The highest BCUT2D eigenvalue weighted by Crippen LogP contribution is 2.18. The zero-order valence-electron chi connectivity index (χ0n) is 18.1. The number of quaternary nitrogens is 2. The topological polar surface area (TPSA) is 70.7 Å². The van der Waals surface area contributed by atoms with Gasteiger partial charge >= 0.3 is 0 Å². The van der Waals surface area contributed by atoms with Crippen molar-refractivity contribution in [2.45, 2.75) is 13.1 Å². The molecule has 7 heteroatoms. The number of aromatic hydroxyl groups is 1. The molecule has 2 fully saturated rings. The molecule has 4 N–H and O–H groups in total. The summed E-state index contributed by atoms with van der Waals surface area (Å²) in [6.45, 7) is 9.54. The quantitative estimate of drug-likeness (QED) is 0.450. The standard InChI is InChI=1S/C24H32N4O3/c29-23-7-5-22(6-8-23)28-11-9-26(10-12-28)19-24(30)25-17-20-3-1-2-4-21(20)18-27-13-15-31-16-14-27/h1-8,29H,9-19H2,(H,25,30)/p+2. The van der Waals surface area contributed by atoms with Crippen LogP contribution in [0.25, 0.3) is 0 Å². The first kappa shape index (κ1) is 21.6. The monoisotopic (exact) mass is 426 g/mol. The number of hydrogen-bond donors (Lipinski definition) is 4. The van der Waals surface area contributed by atoms with Gasteiger partial charge in [0, 0.05) is 17.8 Å². The molecule has 2 saturated heterocycles. The number of carbonyl (C=O) groups excluding carboxylic acids is 1. The second kappa shape index (κ2) is 10.6. The molecule has 2 aromatic carbocycles. The lowest BCUT2D eigenvalue weighted by Crippen LogP contribution is -3.15. The summed E-state index contributed by atoms with van der Waals surface area (Å²) >= 11 is 0. The van der Waals surface area contributed by atoms with E-state index in [0.29, 0.717) is 13.1 Å². The van der Waals surface area contributed by atoms with Gasteiger partial charge in [-0.05, 0) is 29.8 Å². The molecular weight excluding hydrogens is 392 g/mol. The number of phenolic OH excluding ortho intramolecular Hbond substituents is 1. The maximum Gasteiger partial charge on any atom is 0.275 e. The fraction of sp³-hybridized carbons (Fsp3) is 0.458. The van der Waals surface area contributed by atoms with Gasteiger partial charge in [-0.25, -0.2) is 0 Å². The predicted octanol–water partition coefficient (Wildman–Crippen LogP) is -1.17. The first-order valence-electron chi connectivity index (χ1n) is 11.3. The number of amides is 1. The van der Waals surface area contributed by atoms with Gasteiger partial charge in [0.15, 0.2) is 6.54 Å². The molecule has 0 aromatic heterocycles. The third kappa shape index (κ3) is 6.19. The van der Waals surface area contributed by atoms with Crippen LogP contribution in [-0.2, 0) is 22.6 Å². The van der Waals surface area contributed by atoms with Gasteiger partial charge < -0.3 is 29.9 Å². The summed E-state index contributed by atoms with van der Waals surface area (Å²) in [7, 11) is 0. The minimum absolute atomic E-state index is 0.113. The van der Waals surface area contributed by atoms with E-state index in [1.165, 1.54) is 16.0 Å². The van der Waals surface area contributed by atoms with Crippen LogP contribution in [0.15, 0.2) is 48.5 Å². The van der Waals surface area contributed by atoms with Crippen LogP contribution >= 0.6 is 0 Å². The van der Waals surface area contributed by atoms with E-state index < -0.39 is 0 Å². The first-order valence-corrected chi connectivity index (χ1v) is 11.3. The predicted molar refractivity (Wildman–Crippen MR) is 119 cm³/mol. The maximum atomic E-state index is 12.6. The summed E-state index contributed by atoms with van der Waals surface area (Å²) in [5.74, 6) is 0.402. The molecule has 7 nitrogen and oxygen atoms in total. The van der Waals surface area contributed by atoms with Gasteiger partial charge in [0.1, 0.15) is 25.4 Å². The molecule has 2 aliphatic rings. The molecule has 0 bridgehead atoms. The number of hydrogen-bond acceptors (Lipinski definition) is 4. The SMILES string of the molecule is O=C(C[NH+]1CCN(c2ccc(O)cc2)CC1)NCc1ccccc1C[NH+]1CCOCC1. The number of piperazine rings is 1. The first-order chi connectivity index (χ1) is 15.2. The number of morpholine rings is 1. The summed E-state index contributed by atoms with van der Waals surface area (Å²) in [6.07, 6.45) is 0. The third-order valence-electron chi connectivity index (χ3n) is 6.33. The van der Waals surface area contributed by atoms with Crippen LogP contribution in [-0.4, -0.2) is 70.0 Å². The molecule has 4 rings (SSSR count). The molecule has 2 heterocycles. The summed E-state index contributed by atoms with van der Waals surface area (Å²) in [6, 6.07) is 15.8. The van der Waals surface area contributed by atoms with Gasteiger partial charge in [-0.2, -0.15) is 0 Å². The summed E-state index contributed by atoms with van der Waals surface area (Å²) < 4.78 is 5.46. The number of nitrogens with zero attached hydrogens (tertiary/aromatic N) is 1. The number of anilines is 1. The van der Waals surface area contributed by atoms with Crippen molar-refractivity contribution < 1.29 is 24.4 Å². The van der Waals surface area contributed by atoms with E-state index in [4.69, 9.17) is 4.74 Å². The number of nitrogens with one attached hydrogen (secondary N) is 3. The van der Waals surface area contributed by atoms with Crippen molar-refractivity contribution in [1.29, 1.82) is 0 Å². The summed E-state index contributed by atoms with van der Waals surface area (Å²) in [4.78, 5) is 17.8. The number of ether oxygens (including phenoxy) is 1. The zero-order chi connectivity index (χ0) is 21.5. The largest absolute Gasteiger partial charge is 0.508 e. The van der Waals surface area contributed by atoms with E-state index in [1.54, 1.807) is 17.0 Å². The minimum Gasteiger partial charge on any atom is -0.508 e. The average Bonchev–Trinajstić information content (AvgIpc) is 2.80. The molecule has 166 valence electrons. The second-order valence-corrected chi connectivity index (χ2v) is 8.51. The minimum atomic E-state index is 0.113. The lowest BCUT2D eigenvalue weighted by molar-refractivity contribution is -0.921. The van der Waals surface area contributed by atoms with E-state index >= 15 is 0 Å². The van der Waals surface area contributed by atoms with Crippen LogP contribution in [0.3, 0.4) is 0 Å². The van der Waals surface area contributed by atoms with E-state index in [2.05, 4.69) is 28.4 Å². The molecular formula is C24H34N4O3+2. The van der Waals surface area contributed by atoms with Gasteiger partial charge in [0.25, 0.3) is 5.91 Å². The fourth-order valence-electron chi connectivity index (χ4n) is 4.41. The van der Waals surface area contributed by atoms with Crippen molar-refractivity contribution in [1.82, 2.24) is 5.32 Å². The van der Waals surface area contributed by atoms with Crippen molar-refractivity contribution in [3.63, 3.8) is 0 Å². The average molecular weight is 427 g/mol. The Morgan fingerprint density at radius 3 is 2.32 bits per heavy atom. The Bertz CT molecular complexity index is 844. The number of benzene rings is 2. The third-order valence-corrected chi connectivity index (χ3v) is 6.33. The Morgan fingerprint density at radius 2 is 1.61 bits per heavy atom. The normalized spacial score (nSPS) is 18.1. The lowest BCUT2D eigenvalue weighted by atomic mass is 10.1. The molecule has 0 saturated carbocycles. The molecule has 1 amide bonds. The maximum absolute atomic E-state index is 12.6. The smallest absolute Gasteiger partial charge is 0.275 e. The van der Waals surface area contributed by atoms with Gasteiger partial charge in [-0.1, -0.05) is 24.3 Å². The highest BCUT2D eigenvalue weighted by molar-refractivity contribution is 5.76. The van der Waals surface area contributed by atoms with Crippen LogP contribution in [0.1, 0.15) is 11.1 Å². The molecule has 2 aliphatic heterocycles. The Balaban J connectivity index is 1.22. The number of carbonyl (C=O) groups is 1. The van der Waals surface area contributed by atoms with E-state index in [1.807, 2.05) is 18.2 Å². The summed E-state index contributed by atoms with van der Waals surface area (Å²) in [5, 5.41) is 12.6. The van der Waals surface area contributed by atoms with E-state index in [-0.39, 0.29) is 11.7 Å². The number of phenols is 1. The molecule has 0 aliphatic carbocycles. The zero-order valence-corrected chi connectivity index (χ0v) is 18.1. The van der Waals surface area contributed by atoms with Crippen molar-refractivity contribution in [3.05, 3.63) is 59.7 Å². The van der Waals surface area contributed by atoms with Crippen molar-refractivity contribution in [3.8, 4) is 5.75 Å². The lowest BCUT2D eigenvalue weighted by Gasteiger charge is -2.33. The van der Waals surface area contributed by atoms with E-state index in [9.17, 15) is 9.90 Å². The van der Waals surface area contributed by atoms with Crippen LogP contribution in [0.5, 0.6) is 5.75 Å². The Hall–Kier alpha value is -2.61. The fourth-order valence-corrected chi connectivity index (χ4v) is 4.41. The Kier molecular flexibility index (Phi) is 7.40. The van der Waals surface area contributed by atoms with Crippen molar-refractivity contribution in [2.75, 3.05) is 63.9 Å². The molecule has 0 spiro atoms. The number of rotatable bonds is 7. The van der Waals surface area contributed by atoms with Gasteiger partial charge in [0.2, 0.25) is 0 Å². The molecule has 0 radical (unpaired) electrons. The molecule has 0 atom stereocenters. The highest BCUT2D eigenvalue weighted by Gasteiger charge is 2.22. The second-order valence-electron chi connectivity index (χ2n) is 8.51. The Labute approximate surface area is 184 Å². The Morgan fingerprint density at radius 1 is 0.935 bits per heavy atom. The van der Waals surface area contributed by atoms with Crippen molar-refractivity contribution in [2.24, 2.45) is 0 Å². The van der Waals surface area contributed by atoms with Crippen LogP contribution in [0, 0.1) is 0 Å².